The number of hydrogen-bond donors (Lipinski definition) is 0. The zero-order valence-corrected chi connectivity index (χ0v) is 14.8. The third-order valence-corrected chi connectivity index (χ3v) is 3.87. The van der Waals surface area contributed by atoms with Crippen molar-refractivity contribution in [1.82, 2.24) is 0 Å². The first kappa shape index (κ1) is 18.4. The smallest absolute Gasteiger partial charge is 0.330 e. The highest BCUT2D eigenvalue weighted by Gasteiger charge is 2.01. The molecule has 0 atom stereocenters. The molecule has 0 heterocycles. The molecule has 126 valence electrons. The lowest BCUT2D eigenvalue weighted by atomic mass is 10.2. The lowest BCUT2D eigenvalue weighted by Crippen LogP contribution is -2.00. The molecule has 0 fully saturated rings. The van der Waals surface area contributed by atoms with Crippen LogP contribution in [0.5, 0.6) is 5.75 Å². The van der Waals surface area contributed by atoms with E-state index in [1.54, 1.807) is 18.2 Å². The van der Waals surface area contributed by atoms with E-state index in [0.717, 1.165) is 23.3 Å². The minimum atomic E-state index is -0.336. The van der Waals surface area contributed by atoms with Crippen LogP contribution in [0.25, 0.3) is 6.08 Å². The predicted molar refractivity (Wildman–Crippen MR) is 97.5 cm³/mol. The molecule has 0 aromatic heterocycles. The van der Waals surface area contributed by atoms with E-state index in [1.807, 2.05) is 37.3 Å². The topological polar surface area (TPSA) is 35.5 Å². The molecule has 3 nitrogen and oxygen atoms in total. The first-order valence-corrected chi connectivity index (χ1v) is 8.35. The molecule has 0 saturated heterocycles. The van der Waals surface area contributed by atoms with Crippen LogP contribution in [0.1, 0.15) is 24.5 Å². The van der Waals surface area contributed by atoms with E-state index < -0.39 is 0 Å². The van der Waals surface area contributed by atoms with Crippen LogP contribution in [0.4, 0.5) is 0 Å². The number of benzene rings is 2. The van der Waals surface area contributed by atoms with E-state index in [-0.39, 0.29) is 5.97 Å². The fourth-order valence-corrected chi connectivity index (χ4v) is 2.21. The van der Waals surface area contributed by atoms with E-state index in [1.165, 1.54) is 6.08 Å². The molecule has 0 aliphatic rings. The summed E-state index contributed by atoms with van der Waals surface area (Å²) >= 11 is 11.9. The maximum atomic E-state index is 11.4. The van der Waals surface area contributed by atoms with Gasteiger partial charge in [-0.15, -0.1) is 0 Å². The predicted octanol–water partition coefficient (Wildman–Crippen LogP) is 5.54. The molecular formula is C19H18Cl2O3. The molecular weight excluding hydrogens is 347 g/mol. The molecule has 2 rings (SSSR count). The van der Waals surface area contributed by atoms with E-state index in [4.69, 9.17) is 32.7 Å². The molecule has 24 heavy (non-hydrogen) atoms. The lowest BCUT2D eigenvalue weighted by Gasteiger charge is -2.07. The summed E-state index contributed by atoms with van der Waals surface area (Å²) in [4.78, 5) is 11.4. The van der Waals surface area contributed by atoms with Crippen LogP contribution < -0.4 is 4.74 Å². The Morgan fingerprint density at radius 3 is 2.50 bits per heavy atom. The largest absolute Gasteiger partial charge is 0.489 e. The molecule has 0 radical (unpaired) electrons. The van der Waals surface area contributed by atoms with E-state index >= 15 is 0 Å². The Morgan fingerprint density at radius 2 is 1.83 bits per heavy atom. The van der Waals surface area contributed by atoms with Crippen molar-refractivity contribution in [3.05, 3.63) is 69.7 Å². The standard InChI is InChI=1S/C19H18Cl2O3/c1-2-11-23-19(22)10-6-14-3-7-16(8-4-14)24-13-15-5-9-17(20)18(21)12-15/h3-10,12H,2,11,13H2,1H3/b10-6+. The van der Waals surface area contributed by atoms with Gasteiger partial charge >= 0.3 is 5.97 Å². The van der Waals surface area contributed by atoms with Gasteiger partial charge in [0.25, 0.3) is 0 Å². The number of ether oxygens (including phenoxy) is 2. The summed E-state index contributed by atoms with van der Waals surface area (Å²) in [6, 6.07) is 12.8. The first-order chi connectivity index (χ1) is 11.6. The van der Waals surface area contributed by atoms with E-state index in [9.17, 15) is 4.79 Å². The quantitative estimate of drug-likeness (QED) is 0.477. The van der Waals surface area contributed by atoms with Gasteiger partial charge in [-0.05, 0) is 47.9 Å². The Morgan fingerprint density at radius 1 is 1.08 bits per heavy atom. The first-order valence-electron chi connectivity index (χ1n) is 7.60. The van der Waals surface area contributed by atoms with Crippen LogP contribution in [0, 0.1) is 0 Å². The van der Waals surface area contributed by atoms with Gasteiger partial charge in [-0.2, -0.15) is 0 Å². The molecule has 0 unspecified atom stereocenters. The fraction of sp³-hybridized carbons (Fsp3) is 0.211. The SMILES string of the molecule is CCCOC(=O)/C=C/c1ccc(OCc2ccc(Cl)c(Cl)c2)cc1. The second kappa shape index (κ2) is 9.36. The van der Waals surface area contributed by atoms with Crippen LogP contribution in [-0.2, 0) is 16.1 Å². The maximum Gasteiger partial charge on any atom is 0.330 e. The monoisotopic (exact) mass is 364 g/mol. The van der Waals surface area contributed by atoms with Crippen molar-refractivity contribution in [2.75, 3.05) is 6.61 Å². The van der Waals surface area contributed by atoms with Gasteiger partial charge in [0.15, 0.2) is 0 Å². The third-order valence-electron chi connectivity index (χ3n) is 3.13. The highest BCUT2D eigenvalue weighted by atomic mass is 35.5. The van der Waals surface area contributed by atoms with Crippen LogP contribution in [-0.4, -0.2) is 12.6 Å². The highest BCUT2D eigenvalue weighted by molar-refractivity contribution is 6.42. The summed E-state index contributed by atoms with van der Waals surface area (Å²) in [6.45, 7) is 2.79. The molecule has 0 N–H and O–H groups in total. The van der Waals surface area contributed by atoms with Gasteiger partial charge in [0.1, 0.15) is 12.4 Å². The Hall–Kier alpha value is -1.97. The number of carbonyl (C=O) groups is 1. The summed E-state index contributed by atoms with van der Waals surface area (Å²) in [6.07, 6.45) is 3.94. The zero-order valence-electron chi connectivity index (χ0n) is 13.3. The molecule has 0 amide bonds. The Balaban J connectivity index is 1.88. The number of esters is 1. The van der Waals surface area contributed by atoms with Crippen LogP contribution in [0.3, 0.4) is 0 Å². The van der Waals surface area contributed by atoms with Crippen molar-refractivity contribution in [2.24, 2.45) is 0 Å². The van der Waals surface area contributed by atoms with Crippen molar-refractivity contribution >= 4 is 35.2 Å². The Labute approximate surface area is 151 Å². The molecule has 0 aliphatic heterocycles. The van der Waals surface area contributed by atoms with Crippen molar-refractivity contribution in [2.45, 2.75) is 20.0 Å². The van der Waals surface area contributed by atoms with E-state index in [2.05, 4.69) is 0 Å². The third kappa shape index (κ3) is 5.91. The number of hydrogen-bond acceptors (Lipinski definition) is 3. The summed E-state index contributed by atoms with van der Waals surface area (Å²) in [7, 11) is 0. The molecule has 5 heteroatoms. The van der Waals surface area contributed by atoms with Gasteiger partial charge in [0, 0.05) is 6.08 Å². The number of rotatable bonds is 7. The van der Waals surface area contributed by atoms with Crippen molar-refractivity contribution < 1.29 is 14.3 Å². The second-order valence-corrected chi connectivity index (χ2v) is 5.92. The van der Waals surface area contributed by atoms with Crippen molar-refractivity contribution in [1.29, 1.82) is 0 Å². The van der Waals surface area contributed by atoms with Gasteiger partial charge in [-0.25, -0.2) is 4.79 Å². The Bertz CT molecular complexity index is 709. The van der Waals surface area contributed by atoms with Crippen molar-refractivity contribution in [3.8, 4) is 5.75 Å². The second-order valence-electron chi connectivity index (χ2n) is 5.11. The van der Waals surface area contributed by atoms with Gasteiger partial charge in [0.2, 0.25) is 0 Å². The normalized spacial score (nSPS) is 10.8. The molecule has 2 aromatic rings. The van der Waals surface area contributed by atoms with Crippen molar-refractivity contribution in [3.63, 3.8) is 0 Å². The van der Waals surface area contributed by atoms with Gasteiger partial charge in [0.05, 0.1) is 16.7 Å². The van der Waals surface area contributed by atoms with Crippen LogP contribution in [0.2, 0.25) is 10.0 Å². The molecule has 0 bridgehead atoms. The minimum absolute atomic E-state index is 0.336. The van der Waals surface area contributed by atoms with Gasteiger partial charge < -0.3 is 9.47 Å². The van der Waals surface area contributed by atoms with Gasteiger partial charge in [-0.1, -0.05) is 48.3 Å². The molecule has 0 saturated carbocycles. The van der Waals surface area contributed by atoms with Crippen LogP contribution in [0.15, 0.2) is 48.5 Å². The Kier molecular flexibility index (Phi) is 7.16. The molecule has 0 spiro atoms. The summed E-state index contributed by atoms with van der Waals surface area (Å²) in [5, 5.41) is 1.03. The average molecular weight is 365 g/mol. The maximum absolute atomic E-state index is 11.4. The molecule has 2 aromatic carbocycles. The zero-order chi connectivity index (χ0) is 17.4. The summed E-state index contributed by atoms with van der Waals surface area (Å²) in [5.41, 5.74) is 1.83. The van der Waals surface area contributed by atoms with Gasteiger partial charge in [-0.3, -0.25) is 0 Å². The minimum Gasteiger partial charge on any atom is -0.489 e. The number of halogens is 2. The van der Waals surface area contributed by atoms with E-state index in [0.29, 0.717) is 23.3 Å². The number of carbonyl (C=O) groups excluding carboxylic acids is 1. The summed E-state index contributed by atoms with van der Waals surface area (Å²) in [5.74, 6) is 0.392. The average Bonchev–Trinajstić information content (AvgIpc) is 2.60. The summed E-state index contributed by atoms with van der Waals surface area (Å²) < 4.78 is 10.7. The lowest BCUT2D eigenvalue weighted by molar-refractivity contribution is -0.137. The molecule has 0 aliphatic carbocycles. The fourth-order valence-electron chi connectivity index (χ4n) is 1.89. The van der Waals surface area contributed by atoms with Crippen LogP contribution >= 0.6 is 23.2 Å². The highest BCUT2D eigenvalue weighted by Crippen LogP contribution is 2.23.